The van der Waals surface area contributed by atoms with Gasteiger partial charge in [0.1, 0.15) is 0 Å². The Morgan fingerprint density at radius 2 is 2.17 bits per heavy atom. The summed E-state index contributed by atoms with van der Waals surface area (Å²) in [6.07, 6.45) is 3.60. The van der Waals surface area contributed by atoms with Gasteiger partial charge in [0.2, 0.25) is 0 Å². The molecule has 1 fully saturated rings. The van der Waals surface area contributed by atoms with Crippen LogP contribution in [0.15, 0.2) is 22.7 Å². The second kappa shape index (κ2) is 5.74. The lowest BCUT2D eigenvalue weighted by Gasteiger charge is -2.15. The lowest BCUT2D eigenvalue weighted by atomic mass is 10.0. The van der Waals surface area contributed by atoms with Crippen molar-refractivity contribution in [2.24, 2.45) is 5.41 Å². The van der Waals surface area contributed by atoms with Crippen molar-refractivity contribution in [3.63, 3.8) is 0 Å². The second-order valence-electron chi connectivity index (χ2n) is 5.10. The highest BCUT2D eigenvalue weighted by Crippen LogP contribution is 2.48. The number of benzene rings is 1. The van der Waals surface area contributed by atoms with E-state index in [4.69, 9.17) is 0 Å². The lowest BCUT2D eigenvalue weighted by Crippen LogP contribution is -2.30. The SMILES string of the molecule is Cc1ccc(Br)c(C(=O)NCC2(CCBr)CC2)c1. The molecular formula is C14H17Br2NO. The van der Waals surface area contributed by atoms with Crippen LogP contribution in [0.4, 0.5) is 0 Å². The predicted octanol–water partition coefficient (Wildman–Crippen LogP) is 4.05. The monoisotopic (exact) mass is 373 g/mol. The fourth-order valence-electron chi connectivity index (χ4n) is 2.07. The van der Waals surface area contributed by atoms with Gasteiger partial charge in [-0.25, -0.2) is 0 Å². The van der Waals surface area contributed by atoms with Crippen molar-refractivity contribution >= 4 is 37.8 Å². The number of aryl methyl sites for hydroxylation is 1. The molecule has 2 nitrogen and oxygen atoms in total. The number of amides is 1. The molecule has 1 N–H and O–H groups in total. The molecule has 1 saturated carbocycles. The summed E-state index contributed by atoms with van der Waals surface area (Å²) in [5, 5.41) is 4.08. The number of halogens is 2. The van der Waals surface area contributed by atoms with Gasteiger partial charge in [-0.15, -0.1) is 0 Å². The van der Waals surface area contributed by atoms with Crippen molar-refractivity contribution in [2.75, 3.05) is 11.9 Å². The normalized spacial score (nSPS) is 16.4. The summed E-state index contributed by atoms with van der Waals surface area (Å²) in [7, 11) is 0. The summed E-state index contributed by atoms with van der Waals surface area (Å²) < 4.78 is 0.857. The van der Waals surface area contributed by atoms with Gasteiger partial charge in [0.15, 0.2) is 0 Å². The van der Waals surface area contributed by atoms with Crippen molar-refractivity contribution in [2.45, 2.75) is 26.2 Å². The summed E-state index contributed by atoms with van der Waals surface area (Å²) in [5.41, 5.74) is 2.18. The van der Waals surface area contributed by atoms with Crippen molar-refractivity contribution in [1.29, 1.82) is 0 Å². The van der Waals surface area contributed by atoms with Gasteiger partial charge in [-0.3, -0.25) is 4.79 Å². The molecule has 0 radical (unpaired) electrons. The first-order valence-corrected chi connectivity index (χ1v) is 8.08. The molecule has 0 saturated heterocycles. The molecule has 0 aromatic heterocycles. The van der Waals surface area contributed by atoms with Crippen LogP contribution in [0.5, 0.6) is 0 Å². The van der Waals surface area contributed by atoms with Crippen LogP contribution < -0.4 is 5.32 Å². The van der Waals surface area contributed by atoms with Gasteiger partial charge in [-0.2, -0.15) is 0 Å². The topological polar surface area (TPSA) is 29.1 Å². The first-order valence-electron chi connectivity index (χ1n) is 6.17. The minimum Gasteiger partial charge on any atom is -0.351 e. The molecule has 1 aromatic rings. The van der Waals surface area contributed by atoms with Crippen LogP contribution in [0.1, 0.15) is 35.2 Å². The third-order valence-corrected chi connectivity index (χ3v) is 4.66. The highest BCUT2D eigenvalue weighted by Gasteiger charge is 2.41. The third-order valence-electron chi connectivity index (χ3n) is 3.57. The van der Waals surface area contributed by atoms with Crippen molar-refractivity contribution in [3.8, 4) is 0 Å². The van der Waals surface area contributed by atoms with Crippen molar-refractivity contribution in [3.05, 3.63) is 33.8 Å². The number of rotatable bonds is 5. The fourth-order valence-corrected chi connectivity index (χ4v) is 3.34. The standard InChI is InChI=1S/C14H17Br2NO/c1-10-2-3-12(16)11(8-10)13(18)17-9-14(4-5-14)6-7-15/h2-3,8H,4-7,9H2,1H3,(H,17,18). The number of carbonyl (C=O) groups is 1. The van der Waals surface area contributed by atoms with Gasteiger partial charge in [-0.05, 0) is 59.7 Å². The molecule has 0 bridgehead atoms. The number of hydrogen-bond acceptors (Lipinski definition) is 1. The fraction of sp³-hybridized carbons (Fsp3) is 0.500. The van der Waals surface area contributed by atoms with Crippen molar-refractivity contribution < 1.29 is 4.79 Å². The molecule has 4 heteroatoms. The molecule has 1 aromatic carbocycles. The van der Waals surface area contributed by atoms with E-state index < -0.39 is 0 Å². The molecule has 1 amide bonds. The van der Waals surface area contributed by atoms with E-state index in [-0.39, 0.29) is 5.91 Å². The minimum absolute atomic E-state index is 0.0198. The maximum atomic E-state index is 12.1. The molecule has 0 unspecified atom stereocenters. The Hall–Kier alpha value is -0.350. The molecule has 1 aliphatic carbocycles. The summed E-state index contributed by atoms with van der Waals surface area (Å²) in [6.45, 7) is 2.79. The van der Waals surface area contributed by atoms with Crippen LogP contribution in [0.2, 0.25) is 0 Å². The zero-order valence-electron chi connectivity index (χ0n) is 10.4. The van der Waals surface area contributed by atoms with E-state index in [1.54, 1.807) is 0 Å². The molecule has 2 rings (SSSR count). The van der Waals surface area contributed by atoms with Gasteiger partial charge < -0.3 is 5.32 Å². The zero-order chi connectivity index (χ0) is 13.2. The summed E-state index contributed by atoms with van der Waals surface area (Å²) in [4.78, 5) is 12.1. The molecular weight excluding hydrogens is 358 g/mol. The Balaban J connectivity index is 1.98. The minimum atomic E-state index is 0.0198. The van der Waals surface area contributed by atoms with Gasteiger partial charge in [0.05, 0.1) is 5.56 Å². The Morgan fingerprint density at radius 3 is 2.78 bits per heavy atom. The average molecular weight is 375 g/mol. The lowest BCUT2D eigenvalue weighted by molar-refractivity contribution is 0.0943. The van der Waals surface area contributed by atoms with Crippen LogP contribution in [0.25, 0.3) is 0 Å². The van der Waals surface area contributed by atoms with Crippen LogP contribution in [-0.4, -0.2) is 17.8 Å². The second-order valence-corrected chi connectivity index (χ2v) is 6.75. The van der Waals surface area contributed by atoms with E-state index in [1.165, 1.54) is 12.8 Å². The third kappa shape index (κ3) is 3.35. The first kappa shape index (κ1) is 14.1. The molecule has 0 heterocycles. The predicted molar refractivity (Wildman–Crippen MR) is 81.3 cm³/mol. The highest BCUT2D eigenvalue weighted by molar-refractivity contribution is 9.10. The number of nitrogens with one attached hydrogen (secondary N) is 1. The maximum Gasteiger partial charge on any atom is 0.252 e. The Morgan fingerprint density at radius 1 is 1.44 bits per heavy atom. The smallest absolute Gasteiger partial charge is 0.252 e. The first-order chi connectivity index (χ1) is 8.56. The van der Waals surface area contributed by atoms with Gasteiger partial charge in [0, 0.05) is 16.3 Å². The Labute approximate surface area is 125 Å². The van der Waals surface area contributed by atoms with Crippen LogP contribution in [0.3, 0.4) is 0 Å². The van der Waals surface area contributed by atoms with E-state index in [1.807, 2.05) is 25.1 Å². The van der Waals surface area contributed by atoms with E-state index in [9.17, 15) is 4.79 Å². The number of alkyl halides is 1. The molecule has 0 aliphatic heterocycles. The number of carbonyl (C=O) groups excluding carboxylic acids is 1. The van der Waals surface area contributed by atoms with Crippen LogP contribution >= 0.6 is 31.9 Å². The van der Waals surface area contributed by atoms with E-state index in [2.05, 4.69) is 37.2 Å². The summed E-state index contributed by atoms with van der Waals surface area (Å²) in [6, 6.07) is 5.84. The highest BCUT2D eigenvalue weighted by atomic mass is 79.9. The maximum absolute atomic E-state index is 12.1. The van der Waals surface area contributed by atoms with Crippen molar-refractivity contribution in [1.82, 2.24) is 5.32 Å². The quantitative estimate of drug-likeness (QED) is 0.774. The molecule has 1 aliphatic rings. The van der Waals surface area contributed by atoms with E-state index >= 15 is 0 Å². The van der Waals surface area contributed by atoms with Gasteiger partial charge in [-0.1, -0.05) is 27.6 Å². The number of hydrogen-bond donors (Lipinski definition) is 1. The molecule has 0 spiro atoms. The average Bonchev–Trinajstić information content (AvgIpc) is 3.10. The Bertz CT molecular complexity index is 455. The zero-order valence-corrected chi connectivity index (χ0v) is 13.6. The van der Waals surface area contributed by atoms with Crippen LogP contribution in [-0.2, 0) is 0 Å². The Kier molecular flexibility index (Phi) is 4.49. The largest absolute Gasteiger partial charge is 0.351 e. The molecule has 18 heavy (non-hydrogen) atoms. The summed E-state index contributed by atoms with van der Waals surface area (Å²) >= 11 is 6.91. The molecule has 98 valence electrons. The van der Waals surface area contributed by atoms with E-state index in [0.29, 0.717) is 5.41 Å². The summed E-state index contributed by atoms with van der Waals surface area (Å²) in [5.74, 6) is 0.0198. The van der Waals surface area contributed by atoms with Gasteiger partial charge in [0.25, 0.3) is 5.91 Å². The van der Waals surface area contributed by atoms with E-state index in [0.717, 1.165) is 33.9 Å². The van der Waals surface area contributed by atoms with Crippen LogP contribution in [0, 0.1) is 12.3 Å². The molecule has 0 atom stereocenters. The van der Waals surface area contributed by atoms with Gasteiger partial charge >= 0.3 is 0 Å².